The Morgan fingerprint density at radius 1 is 1.32 bits per heavy atom. The highest BCUT2D eigenvalue weighted by atomic mass is 16.5. The van der Waals surface area contributed by atoms with Crippen LogP contribution in [0.5, 0.6) is 0 Å². The lowest BCUT2D eigenvalue weighted by Crippen LogP contribution is -2.39. The monoisotopic (exact) mass is 303 g/mol. The Hall–Kier alpha value is -2.34. The Kier molecular flexibility index (Phi) is 5.97. The van der Waals surface area contributed by atoms with Crippen molar-refractivity contribution >= 4 is 6.03 Å². The van der Waals surface area contributed by atoms with Gasteiger partial charge in [-0.3, -0.25) is 0 Å². The van der Waals surface area contributed by atoms with Crippen LogP contribution in [0.25, 0.3) is 11.3 Å². The number of carbonyl (C=O) groups is 1. The molecule has 0 spiro atoms. The molecule has 22 heavy (non-hydrogen) atoms. The number of amides is 2. The molecule has 0 saturated carbocycles. The number of hydrogen-bond acceptors (Lipinski definition) is 4. The maximum atomic E-state index is 11.6. The number of carbonyl (C=O) groups excluding carboxylic acids is 1. The van der Waals surface area contributed by atoms with Crippen LogP contribution in [-0.4, -0.2) is 28.9 Å². The molecule has 0 saturated heterocycles. The van der Waals surface area contributed by atoms with E-state index in [1.54, 1.807) is 6.07 Å². The fraction of sp³-hybridized carbons (Fsp3) is 0.375. The molecule has 0 fully saturated rings. The number of urea groups is 1. The normalized spacial score (nSPS) is 11.9. The number of hydrogen-bond donors (Lipinski definition) is 3. The van der Waals surface area contributed by atoms with Crippen LogP contribution in [0, 0.1) is 0 Å². The first kappa shape index (κ1) is 16.0. The fourth-order valence-electron chi connectivity index (χ4n) is 2.01. The van der Waals surface area contributed by atoms with Crippen LogP contribution in [0.1, 0.15) is 25.5 Å². The predicted octanol–water partition coefficient (Wildman–Crippen LogP) is 2.30. The number of benzene rings is 1. The second kappa shape index (κ2) is 8.19. The summed E-state index contributed by atoms with van der Waals surface area (Å²) >= 11 is 0. The summed E-state index contributed by atoms with van der Waals surface area (Å²) in [6.45, 7) is 2.50. The number of nitrogens with one attached hydrogen (secondary N) is 2. The first-order chi connectivity index (χ1) is 10.7. The van der Waals surface area contributed by atoms with E-state index in [4.69, 9.17) is 4.52 Å². The van der Waals surface area contributed by atoms with Gasteiger partial charge < -0.3 is 20.3 Å². The highest BCUT2D eigenvalue weighted by Crippen LogP contribution is 2.19. The van der Waals surface area contributed by atoms with Gasteiger partial charge in [-0.2, -0.15) is 0 Å². The zero-order chi connectivity index (χ0) is 15.8. The van der Waals surface area contributed by atoms with Crippen molar-refractivity contribution in [2.24, 2.45) is 0 Å². The quantitative estimate of drug-likeness (QED) is 0.732. The van der Waals surface area contributed by atoms with E-state index in [0.717, 1.165) is 12.0 Å². The van der Waals surface area contributed by atoms with E-state index < -0.39 is 6.10 Å². The second-order valence-electron chi connectivity index (χ2n) is 5.05. The summed E-state index contributed by atoms with van der Waals surface area (Å²) in [5.41, 5.74) is 1.58. The van der Waals surface area contributed by atoms with Gasteiger partial charge in [0.05, 0.1) is 12.6 Å². The lowest BCUT2D eigenvalue weighted by atomic mass is 10.2. The van der Waals surface area contributed by atoms with Crippen LogP contribution in [0.2, 0.25) is 0 Å². The Balaban J connectivity index is 1.78. The van der Waals surface area contributed by atoms with Gasteiger partial charge in [-0.25, -0.2) is 4.79 Å². The van der Waals surface area contributed by atoms with Crippen LogP contribution in [-0.2, 0) is 6.54 Å². The third-order valence-electron chi connectivity index (χ3n) is 3.17. The van der Waals surface area contributed by atoms with Crippen molar-refractivity contribution in [2.45, 2.75) is 32.4 Å². The summed E-state index contributed by atoms with van der Waals surface area (Å²) in [7, 11) is 0. The molecule has 1 atom stereocenters. The van der Waals surface area contributed by atoms with Crippen molar-refractivity contribution in [3.05, 3.63) is 42.1 Å². The highest BCUT2D eigenvalue weighted by Gasteiger charge is 2.09. The highest BCUT2D eigenvalue weighted by molar-refractivity contribution is 5.73. The minimum Gasteiger partial charge on any atom is -0.391 e. The van der Waals surface area contributed by atoms with Crippen molar-refractivity contribution < 1.29 is 14.4 Å². The molecule has 0 aliphatic heterocycles. The molecule has 3 N–H and O–H groups in total. The molecule has 0 aliphatic rings. The Labute approximate surface area is 129 Å². The van der Waals surface area contributed by atoms with Gasteiger partial charge in [0.2, 0.25) is 0 Å². The predicted molar refractivity (Wildman–Crippen MR) is 83.1 cm³/mol. The van der Waals surface area contributed by atoms with Crippen LogP contribution in [0.15, 0.2) is 40.9 Å². The molecule has 6 heteroatoms. The van der Waals surface area contributed by atoms with Gasteiger partial charge in [0.1, 0.15) is 5.69 Å². The summed E-state index contributed by atoms with van der Waals surface area (Å²) in [6.07, 6.45) is 1.04. The van der Waals surface area contributed by atoms with Crippen LogP contribution < -0.4 is 10.6 Å². The van der Waals surface area contributed by atoms with E-state index >= 15 is 0 Å². The summed E-state index contributed by atoms with van der Waals surface area (Å²) in [5, 5.41) is 18.8. The first-order valence-electron chi connectivity index (χ1n) is 7.39. The third kappa shape index (κ3) is 4.89. The molecule has 0 radical (unpaired) electrons. The standard InChI is InChI=1S/C16H21N3O3/c1-2-6-14(20)11-18-16(21)17-10-13-9-15(22-19-13)12-7-4-3-5-8-12/h3-5,7-9,14,20H,2,6,10-11H2,1H3,(H2,17,18,21). The van der Waals surface area contributed by atoms with Crippen LogP contribution in [0.3, 0.4) is 0 Å². The Bertz CT molecular complexity index is 583. The van der Waals surface area contributed by atoms with Gasteiger partial charge in [-0.15, -0.1) is 0 Å². The minimum atomic E-state index is -0.507. The Morgan fingerprint density at radius 2 is 2.09 bits per heavy atom. The number of aromatic nitrogens is 1. The molecule has 1 heterocycles. The van der Waals surface area contributed by atoms with E-state index in [1.807, 2.05) is 37.3 Å². The lowest BCUT2D eigenvalue weighted by molar-refractivity contribution is 0.160. The van der Waals surface area contributed by atoms with E-state index in [-0.39, 0.29) is 19.1 Å². The molecule has 2 aromatic rings. The van der Waals surface area contributed by atoms with Gasteiger partial charge in [0.15, 0.2) is 5.76 Å². The van der Waals surface area contributed by atoms with E-state index in [1.165, 1.54) is 0 Å². The molecular formula is C16H21N3O3. The SMILES string of the molecule is CCCC(O)CNC(=O)NCc1cc(-c2ccccc2)on1. The number of aliphatic hydroxyl groups is 1. The number of rotatable bonds is 7. The molecule has 118 valence electrons. The molecule has 6 nitrogen and oxygen atoms in total. The summed E-state index contributed by atoms with van der Waals surface area (Å²) < 4.78 is 5.25. The molecule has 0 aliphatic carbocycles. The first-order valence-corrected chi connectivity index (χ1v) is 7.39. The van der Waals surface area contributed by atoms with Gasteiger partial charge in [-0.1, -0.05) is 48.8 Å². The van der Waals surface area contributed by atoms with Gasteiger partial charge in [0.25, 0.3) is 0 Å². The topological polar surface area (TPSA) is 87.4 Å². The molecule has 2 amide bonds. The van der Waals surface area contributed by atoms with Crippen molar-refractivity contribution in [3.63, 3.8) is 0 Å². The van der Waals surface area contributed by atoms with Crippen LogP contribution >= 0.6 is 0 Å². The van der Waals surface area contributed by atoms with Crippen molar-refractivity contribution in [1.29, 1.82) is 0 Å². The van der Waals surface area contributed by atoms with Gasteiger partial charge in [0, 0.05) is 18.2 Å². The smallest absolute Gasteiger partial charge is 0.315 e. The van der Waals surface area contributed by atoms with E-state index in [0.29, 0.717) is 17.9 Å². The average molecular weight is 303 g/mol. The maximum absolute atomic E-state index is 11.6. The molecule has 2 rings (SSSR count). The number of nitrogens with zero attached hydrogens (tertiary/aromatic N) is 1. The maximum Gasteiger partial charge on any atom is 0.315 e. The van der Waals surface area contributed by atoms with E-state index in [2.05, 4.69) is 15.8 Å². The largest absolute Gasteiger partial charge is 0.391 e. The van der Waals surface area contributed by atoms with E-state index in [9.17, 15) is 9.90 Å². The molecule has 1 unspecified atom stereocenters. The molecule has 1 aromatic carbocycles. The molecule has 1 aromatic heterocycles. The minimum absolute atomic E-state index is 0.244. The van der Waals surface area contributed by atoms with Gasteiger partial charge in [-0.05, 0) is 6.42 Å². The average Bonchev–Trinajstić information content (AvgIpc) is 3.01. The Morgan fingerprint density at radius 3 is 2.82 bits per heavy atom. The summed E-state index contributed by atoms with van der Waals surface area (Å²) in [5.74, 6) is 0.663. The van der Waals surface area contributed by atoms with Crippen molar-refractivity contribution in [2.75, 3.05) is 6.54 Å². The molecule has 0 bridgehead atoms. The number of aliphatic hydroxyl groups excluding tert-OH is 1. The zero-order valence-corrected chi connectivity index (χ0v) is 12.6. The van der Waals surface area contributed by atoms with Crippen molar-refractivity contribution in [1.82, 2.24) is 15.8 Å². The summed E-state index contributed by atoms with van der Waals surface area (Å²) in [4.78, 5) is 11.6. The zero-order valence-electron chi connectivity index (χ0n) is 12.6. The second-order valence-corrected chi connectivity index (χ2v) is 5.05. The van der Waals surface area contributed by atoms with Crippen molar-refractivity contribution in [3.8, 4) is 11.3 Å². The lowest BCUT2D eigenvalue weighted by Gasteiger charge is -2.10. The van der Waals surface area contributed by atoms with Gasteiger partial charge >= 0.3 is 6.03 Å². The van der Waals surface area contributed by atoms with Crippen LogP contribution in [0.4, 0.5) is 4.79 Å². The molecular weight excluding hydrogens is 282 g/mol. The third-order valence-corrected chi connectivity index (χ3v) is 3.17. The fourth-order valence-corrected chi connectivity index (χ4v) is 2.01. The summed E-state index contributed by atoms with van der Waals surface area (Å²) in [6, 6.07) is 11.1.